The molecule has 6 atom stereocenters. The molecule has 4 saturated carbocycles. The summed E-state index contributed by atoms with van der Waals surface area (Å²) in [7, 11) is 5.59. The van der Waals surface area contributed by atoms with Gasteiger partial charge in [-0.25, -0.2) is 0 Å². The van der Waals surface area contributed by atoms with Crippen molar-refractivity contribution in [1.29, 1.82) is 0 Å². The van der Waals surface area contributed by atoms with Gasteiger partial charge in [0.2, 0.25) is 10.2 Å². The molecule has 5 rings (SSSR count). The van der Waals surface area contributed by atoms with Gasteiger partial charge in [0.15, 0.2) is 8.68 Å². The van der Waals surface area contributed by atoms with E-state index in [9.17, 15) is 9.59 Å². The maximum atomic E-state index is 13.3. The molecule has 1 heterocycles. The maximum Gasteiger partial charge on any atom is 0.206 e. The number of rotatable bonds is 6. The molecule has 0 spiro atoms. The van der Waals surface area contributed by atoms with E-state index in [0.717, 1.165) is 21.5 Å². The topological polar surface area (TPSA) is 59.9 Å². The minimum atomic E-state index is -0.156. The Labute approximate surface area is 217 Å². The predicted molar refractivity (Wildman–Crippen MR) is 142 cm³/mol. The normalized spacial score (nSPS) is 39.9. The Balaban J connectivity index is 1.16. The Bertz CT molecular complexity index is 903. The Kier molecular flexibility index (Phi) is 6.37. The van der Waals surface area contributed by atoms with Gasteiger partial charge in [-0.1, -0.05) is 65.7 Å². The summed E-state index contributed by atoms with van der Waals surface area (Å²) in [6.45, 7) is 13.6. The van der Waals surface area contributed by atoms with Crippen LogP contribution in [0.1, 0.15) is 80.1 Å². The highest BCUT2D eigenvalue weighted by atomic mass is 33.1. The van der Waals surface area contributed by atoms with Gasteiger partial charge in [-0.3, -0.25) is 9.59 Å². The van der Waals surface area contributed by atoms with Crippen LogP contribution in [-0.4, -0.2) is 20.4 Å². The lowest BCUT2D eigenvalue weighted by Gasteiger charge is -2.26. The minimum absolute atomic E-state index is 0.117. The van der Waals surface area contributed by atoms with Gasteiger partial charge in [0.05, 0.1) is 0 Å². The minimum Gasteiger partial charge on any atom is -0.286 e. The number of nitrogens with zero attached hydrogens (tertiary/aromatic N) is 2. The molecule has 6 unspecified atom stereocenters. The molecule has 4 fully saturated rings. The third-order valence-electron chi connectivity index (χ3n) is 9.80. The lowest BCUT2D eigenvalue weighted by Crippen LogP contribution is -2.24. The van der Waals surface area contributed by atoms with Gasteiger partial charge in [0.25, 0.3) is 0 Å². The molecule has 4 nitrogen and oxygen atoms in total. The molecule has 33 heavy (non-hydrogen) atoms. The van der Waals surface area contributed by atoms with Crippen molar-refractivity contribution in [1.82, 2.24) is 10.2 Å². The first-order chi connectivity index (χ1) is 15.5. The Morgan fingerprint density at radius 1 is 0.758 bits per heavy atom. The third kappa shape index (κ3) is 3.72. The fraction of sp³-hybridized carbons (Fsp3) is 0.833. The largest absolute Gasteiger partial charge is 0.286 e. The summed E-state index contributed by atoms with van der Waals surface area (Å²) in [4.78, 5) is 26.5. The molecule has 0 aliphatic heterocycles. The number of carbonyl (C=O) groups excluding carboxylic acids is 2. The maximum absolute atomic E-state index is 13.3. The van der Waals surface area contributed by atoms with Crippen LogP contribution in [0.5, 0.6) is 0 Å². The number of aromatic nitrogens is 2. The Morgan fingerprint density at radius 3 is 1.55 bits per heavy atom. The van der Waals surface area contributed by atoms with Crippen LogP contribution in [0.2, 0.25) is 0 Å². The highest BCUT2D eigenvalue weighted by Crippen LogP contribution is 2.78. The Hall–Kier alpha value is 0.300. The summed E-state index contributed by atoms with van der Waals surface area (Å²) < 4.78 is 1.60. The lowest BCUT2D eigenvalue weighted by atomic mass is 9.81. The first-order valence-electron chi connectivity index (χ1n) is 12.1. The van der Waals surface area contributed by atoms with Crippen molar-refractivity contribution < 1.29 is 9.59 Å². The van der Waals surface area contributed by atoms with Gasteiger partial charge < -0.3 is 0 Å². The molecule has 0 N–H and O–H groups in total. The fourth-order valence-corrected chi connectivity index (χ4v) is 13.8. The fourth-order valence-electron chi connectivity index (χ4n) is 7.70. The quantitative estimate of drug-likeness (QED) is 0.335. The highest BCUT2D eigenvalue weighted by Gasteiger charge is 2.76. The van der Waals surface area contributed by atoms with Crippen LogP contribution in [0.3, 0.4) is 0 Å². The van der Waals surface area contributed by atoms with Crippen molar-refractivity contribution in [3.05, 3.63) is 0 Å². The zero-order valence-corrected chi connectivity index (χ0v) is 24.4. The second-order valence-electron chi connectivity index (χ2n) is 12.0. The van der Waals surface area contributed by atoms with E-state index in [4.69, 9.17) is 0 Å². The summed E-state index contributed by atoms with van der Waals surface area (Å²) in [5.74, 6) is 2.31. The van der Waals surface area contributed by atoms with Crippen molar-refractivity contribution in [2.24, 2.45) is 45.3 Å². The number of hydrogen-bond donors (Lipinski definition) is 0. The van der Waals surface area contributed by atoms with Crippen LogP contribution in [0.15, 0.2) is 8.68 Å². The zero-order chi connectivity index (χ0) is 23.8. The van der Waals surface area contributed by atoms with Crippen LogP contribution >= 0.6 is 54.5 Å². The molecule has 0 saturated heterocycles. The molecular formula is C24H34N2O2S5. The molecule has 0 bridgehead atoms. The van der Waals surface area contributed by atoms with E-state index in [1.54, 1.807) is 0 Å². The molecule has 1 aromatic rings. The van der Waals surface area contributed by atoms with E-state index in [0.29, 0.717) is 33.9 Å². The van der Waals surface area contributed by atoms with Crippen LogP contribution in [-0.2, 0) is 9.59 Å². The van der Waals surface area contributed by atoms with Gasteiger partial charge in [-0.15, -0.1) is 10.2 Å². The average Bonchev–Trinajstić information content (AvgIpc) is 3.29. The summed E-state index contributed by atoms with van der Waals surface area (Å²) in [6.07, 6.45) is 6.87. The molecule has 0 aromatic carbocycles. The molecule has 182 valence electrons. The van der Waals surface area contributed by atoms with E-state index in [-0.39, 0.29) is 21.7 Å². The van der Waals surface area contributed by atoms with Gasteiger partial charge in [-0.2, -0.15) is 0 Å². The molecule has 4 aliphatic rings. The van der Waals surface area contributed by atoms with Crippen molar-refractivity contribution in [2.45, 2.75) is 88.7 Å². The van der Waals surface area contributed by atoms with Crippen molar-refractivity contribution in [3.63, 3.8) is 0 Å². The summed E-state index contributed by atoms with van der Waals surface area (Å²) in [6, 6.07) is 0. The standard InChI is InChI=1S/C24H34N2O2S5/c1-13-7-9-15-21(3,4)23(15,11-13)17(27)30-32-19-25-26-20(29-19)33-31-18(28)24-12-14(2)8-10-16(24)22(24,5)6/h13-16H,7-12H2,1-6H3. The molecule has 0 radical (unpaired) electrons. The summed E-state index contributed by atoms with van der Waals surface area (Å²) in [5.41, 5.74) is -0.0775. The molecule has 0 amide bonds. The summed E-state index contributed by atoms with van der Waals surface area (Å²) >= 11 is 1.49. The van der Waals surface area contributed by atoms with Gasteiger partial charge in [0.1, 0.15) is 0 Å². The molecule has 9 heteroatoms. The van der Waals surface area contributed by atoms with E-state index < -0.39 is 0 Å². The van der Waals surface area contributed by atoms with Crippen molar-refractivity contribution in [2.75, 3.05) is 0 Å². The van der Waals surface area contributed by atoms with Gasteiger partial charge >= 0.3 is 0 Å². The highest BCUT2D eigenvalue weighted by molar-refractivity contribution is 8.83. The first-order valence-corrected chi connectivity index (χ1v) is 17.2. The van der Waals surface area contributed by atoms with E-state index in [2.05, 4.69) is 51.7 Å². The van der Waals surface area contributed by atoms with Gasteiger partial charge in [-0.05, 0) is 103 Å². The number of fused-ring (bicyclic) bond motifs is 2. The van der Waals surface area contributed by atoms with E-state index in [1.165, 1.54) is 80.2 Å². The lowest BCUT2D eigenvalue weighted by molar-refractivity contribution is -0.118. The smallest absolute Gasteiger partial charge is 0.206 e. The van der Waals surface area contributed by atoms with Crippen molar-refractivity contribution in [3.8, 4) is 0 Å². The Morgan fingerprint density at radius 2 is 1.15 bits per heavy atom. The van der Waals surface area contributed by atoms with Crippen LogP contribution in [0, 0.1) is 45.3 Å². The second-order valence-corrected chi connectivity index (χ2v) is 17.7. The summed E-state index contributed by atoms with van der Waals surface area (Å²) in [5, 5.41) is 9.22. The van der Waals surface area contributed by atoms with Crippen molar-refractivity contribution >= 4 is 64.7 Å². The van der Waals surface area contributed by atoms with Gasteiger partial charge in [0, 0.05) is 10.8 Å². The monoisotopic (exact) mass is 542 g/mol. The molecular weight excluding hydrogens is 509 g/mol. The van der Waals surface area contributed by atoms with Crippen LogP contribution in [0.25, 0.3) is 0 Å². The van der Waals surface area contributed by atoms with Crippen LogP contribution in [0.4, 0.5) is 0 Å². The SMILES string of the molecule is CC1CCC2C(C)(C)C2(C(=O)SSc2nnc(SSC(=O)C34CC(C)CCC3C4(C)C)s2)C1. The second kappa shape index (κ2) is 8.42. The predicted octanol–water partition coefficient (Wildman–Crippen LogP) is 8.00. The zero-order valence-electron chi connectivity index (χ0n) is 20.3. The first kappa shape index (κ1) is 25.0. The number of hydrogen-bond acceptors (Lipinski definition) is 9. The average molecular weight is 543 g/mol. The van der Waals surface area contributed by atoms with E-state index >= 15 is 0 Å². The van der Waals surface area contributed by atoms with Crippen LogP contribution < -0.4 is 0 Å². The third-order valence-corrected chi connectivity index (χ3v) is 15.9. The number of carbonyl (C=O) groups is 2. The molecule has 1 aromatic heterocycles. The molecule has 4 aliphatic carbocycles. The van der Waals surface area contributed by atoms with E-state index in [1.807, 2.05) is 0 Å².